The molecule has 0 saturated heterocycles. The Morgan fingerprint density at radius 3 is 2.42 bits per heavy atom. The van der Waals surface area contributed by atoms with Crippen molar-refractivity contribution in [2.75, 3.05) is 11.9 Å². The lowest BCUT2D eigenvalue weighted by Gasteiger charge is -2.15. The van der Waals surface area contributed by atoms with Crippen LogP contribution < -0.4 is 5.32 Å². The van der Waals surface area contributed by atoms with Crippen LogP contribution in [0.2, 0.25) is 0 Å². The highest BCUT2D eigenvalue weighted by Crippen LogP contribution is 2.32. The zero-order chi connectivity index (χ0) is 17.5. The van der Waals surface area contributed by atoms with Crippen LogP contribution in [0.1, 0.15) is 57.0 Å². The summed E-state index contributed by atoms with van der Waals surface area (Å²) in [6, 6.07) is 7.26. The zero-order valence-electron chi connectivity index (χ0n) is 14.6. The third-order valence-electron chi connectivity index (χ3n) is 3.95. The lowest BCUT2D eigenvalue weighted by Crippen LogP contribution is -2.23. The number of carbonyl (C=O) groups excluding carboxylic acids is 2. The van der Waals surface area contributed by atoms with E-state index in [1.165, 1.54) is 0 Å². The van der Waals surface area contributed by atoms with Gasteiger partial charge >= 0.3 is 5.97 Å². The number of anilines is 1. The third-order valence-corrected chi connectivity index (χ3v) is 3.95. The first-order valence-corrected chi connectivity index (χ1v) is 8.61. The lowest BCUT2D eigenvalue weighted by molar-refractivity contribution is -0.120. The summed E-state index contributed by atoms with van der Waals surface area (Å²) in [5.41, 5.74) is 0.963. The second kappa shape index (κ2) is 8.52. The largest absolute Gasteiger partial charge is 0.460 e. The summed E-state index contributed by atoms with van der Waals surface area (Å²) >= 11 is 0. The Bertz CT molecular complexity index is 698. The molecule has 2 aromatic rings. The van der Waals surface area contributed by atoms with Gasteiger partial charge in [0, 0.05) is 11.3 Å². The van der Waals surface area contributed by atoms with Gasteiger partial charge in [-0.15, -0.1) is 0 Å². The van der Waals surface area contributed by atoms with Crippen molar-refractivity contribution in [3.63, 3.8) is 0 Å². The number of nitrogens with one attached hydrogen (secondary N) is 1. The average molecular weight is 331 g/mol. The van der Waals surface area contributed by atoms with Crippen LogP contribution in [0.3, 0.4) is 0 Å². The van der Waals surface area contributed by atoms with Crippen molar-refractivity contribution in [3.05, 3.63) is 30.0 Å². The Morgan fingerprint density at radius 1 is 1.12 bits per heavy atom. The molecule has 1 N–H and O–H groups in total. The first-order valence-electron chi connectivity index (χ1n) is 8.61. The monoisotopic (exact) mass is 331 g/mol. The molecule has 0 bridgehead atoms. The van der Waals surface area contributed by atoms with Crippen LogP contribution >= 0.6 is 0 Å². The molecule has 1 amide bonds. The molecular formula is C19H25NO4. The number of hydrogen-bond acceptors (Lipinski definition) is 4. The van der Waals surface area contributed by atoms with E-state index in [0.717, 1.165) is 25.7 Å². The minimum Gasteiger partial charge on any atom is -0.460 e. The number of furan rings is 1. The van der Waals surface area contributed by atoms with Crippen molar-refractivity contribution in [1.82, 2.24) is 0 Å². The number of benzene rings is 1. The summed E-state index contributed by atoms with van der Waals surface area (Å²) in [5, 5.41) is 3.62. The molecule has 0 unspecified atom stereocenters. The maximum absolute atomic E-state index is 12.7. The first-order chi connectivity index (χ1) is 11.6. The molecule has 5 nitrogen and oxygen atoms in total. The number of ether oxygens (including phenoxy) is 1. The molecular weight excluding hydrogens is 306 g/mol. The van der Waals surface area contributed by atoms with E-state index in [-0.39, 0.29) is 24.2 Å². The van der Waals surface area contributed by atoms with Crippen LogP contribution in [0.4, 0.5) is 5.69 Å². The minimum absolute atomic E-state index is 0.0538. The second-order valence-electron chi connectivity index (χ2n) is 5.79. The third kappa shape index (κ3) is 3.96. The Labute approximate surface area is 142 Å². The molecule has 130 valence electrons. The number of hydrogen-bond donors (Lipinski definition) is 1. The molecule has 0 aliphatic carbocycles. The lowest BCUT2D eigenvalue weighted by atomic mass is 9.97. The zero-order valence-corrected chi connectivity index (χ0v) is 14.6. The normalized spacial score (nSPS) is 11.0. The van der Waals surface area contributed by atoms with Crippen LogP contribution in [0.5, 0.6) is 0 Å². The fourth-order valence-electron chi connectivity index (χ4n) is 2.84. The van der Waals surface area contributed by atoms with Crippen molar-refractivity contribution in [2.45, 2.75) is 46.5 Å². The van der Waals surface area contributed by atoms with Crippen LogP contribution in [-0.2, 0) is 9.53 Å². The summed E-state index contributed by atoms with van der Waals surface area (Å²) in [4.78, 5) is 24.8. The van der Waals surface area contributed by atoms with Crippen molar-refractivity contribution < 1.29 is 18.7 Å². The maximum atomic E-state index is 12.7. The van der Waals surface area contributed by atoms with Crippen molar-refractivity contribution in [3.8, 4) is 0 Å². The van der Waals surface area contributed by atoms with Gasteiger partial charge in [0.2, 0.25) is 11.7 Å². The molecule has 1 heterocycles. The summed E-state index contributed by atoms with van der Waals surface area (Å²) in [6.07, 6.45) is 3.53. The van der Waals surface area contributed by atoms with Gasteiger partial charge in [-0.3, -0.25) is 4.79 Å². The number of amides is 1. The van der Waals surface area contributed by atoms with E-state index in [2.05, 4.69) is 19.2 Å². The van der Waals surface area contributed by atoms with Gasteiger partial charge in [-0.25, -0.2) is 4.79 Å². The Morgan fingerprint density at radius 2 is 1.79 bits per heavy atom. The summed E-state index contributed by atoms with van der Waals surface area (Å²) < 4.78 is 10.7. The van der Waals surface area contributed by atoms with E-state index in [1.807, 2.05) is 18.2 Å². The quantitative estimate of drug-likeness (QED) is 0.708. The predicted octanol–water partition coefficient (Wildman–Crippen LogP) is 4.76. The van der Waals surface area contributed by atoms with E-state index >= 15 is 0 Å². The van der Waals surface area contributed by atoms with Crippen LogP contribution in [-0.4, -0.2) is 18.5 Å². The summed E-state index contributed by atoms with van der Waals surface area (Å²) in [5.74, 6) is -0.649. The van der Waals surface area contributed by atoms with Gasteiger partial charge in [-0.2, -0.15) is 0 Å². The fraction of sp³-hybridized carbons (Fsp3) is 0.474. The standard InChI is InChI=1S/C19H25NO4/c1-4-9-13(10-5-2)18(21)20-16-14-11-7-8-12-15(14)24-17(16)19(22)23-6-3/h7-8,11-13H,4-6,9-10H2,1-3H3,(H,20,21). The van der Waals surface area contributed by atoms with Gasteiger partial charge in [-0.05, 0) is 31.9 Å². The maximum Gasteiger partial charge on any atom is 0.376 e. The molecule has 0 saturated carbocycles. The SMILES string of the molecule is CCCC(CCC)C(=O)Nc1c(C(=O)OCC)oc2ccccc12. The molecule has 0 radical (unpaired) electrons. The first kappa shape index (κ1) is 18.0. The highest BCUT2D eigenvalue weighted by molar-refractivity contribution is 6.09. The highest BCUT2D eigenvalue weighted by Gasteiger charge is 2.25. The van der Waals surface area contributed by atoms with Crippen molar-refractivity contribution in [1.29, 1.82) is 0 Å². The number of esters is 1. The Kier molecular flexibility index (Phi) is 6.41. The molecule has 0 fully saturated rings. The number of fused-ring (bicyclic) bond motifs is 1. The van der Waals surface area contributed by atoms with Crippen molar-refractivity contribution in [2.24, 2.45) is 5.92 Å². The van der Waals surface area contributed by atoms with Crippen molar-refractivity contribution >= 4 is 28.5 Å². The van der Waals surface area contributed by atoms with Crippen LogP contribution in [0.15, 0.2) is 28.7 Å². The van der Waals surface area contributed by atoms with E-state index in [1.54, 1.807) is 13.0 Å². The summed E-state index contributed by atoms with van der Waals surface area (Å²) in [7, 11) is 0. The van der Waals surface area contributed by atoms with Gasteiger partial charge in [-0.1, -0.05) is 38.8 Å². The topological polar surface area (TPSA) is 68.5 Å². The van der Waals surface area contributed by atoms with E-state index in [4.69, 9.17) is 9.15 Å². The molecule has 2 rings (SSSR count). The predicted molar refractivity (Wildman–Crippen MR) is 94.1 cm³/mol. The molecule has 0 spiro atoms. The van der Waals surface area contributed by atoms with Gasteiger partial charge in [0.1, 0.15) is 11.3 Å². The minimum atomic E-state index is -0.563. The molecule has 0 aliphatic heterocycles. The van der Waals surface area contributed by atoms with E-state index in [0.29, 0.717) is 16.7 Å². The fourth-order valence-corrected chi connectivity index (χ4v) is 2.84. The van der Waals surface area contributed by atoms with Crippen LogP contribution in [0.25, 0.3) is 11.0 Å². The van der Waals surface area contributed by atoms with Gasteiger partial charge in [0.15, 0.2) is 0 Å². The van der Waals surface area contributed by atoms with E-state index in [9.17, 15) is 9.59 Å². The number of carbonyl (C=O) groups is 2. The second-order valence-corrected chi connectivity index (χ2v) is 5.79. The molecule has 1 aromatic heterocycles. The smallest absolute Gasteiger partial charge is 0.376 e. The average Bonchev–Trinajstić information content (AvgIpc) is 2.94. The molecule has 0 atom stereocenters. The molecule has 5 heteroatoms. The molecule has 24 heavy (non-hydrogen) atoms. The Hall–Kier alpha value is -2.30. The van der Waals surface area contributed by atoms with E-state index < -0.39 is 5.97 Å². The Balaban J connectivity index is 2.36. The number of rotatable bonds is 8. The van der Waals surface area contributed by atoms with Gasteiger partial charge in [0.25, 0.3) is 0 Å². The van der Waals surface area contributed by atoms with Gasteiger partial charge < -0.3 is 14.5 Å². The van der Waals surface area contributed by atoms with Crippen LogP contribution in [0, 0.1) is 5.92 Å². The van der Waals surface area contributed by atoms with Gasteiger partial charge in [0.05, 0.1) is 6.61 Å². The number of para-hydroxylation sites is 1. The molecule has 1 aromatic carbocycles. The highest BCUT2D eigenvalue weighted by atomic mass is 16.5. The molecule has 0 aliphatic rings. The summed E-state index contributed by atoms with van der Waals surface area (Å²) in [6.45, 7) is 6.11.